The van der Waals surface area contributed by atoms with Gasteiger partial charge in [0.1, 0.15) is 0 Å². The van der Waals surface area contributed by atoms with E-state index in [1.54, 1.807) is 24.1 Å². The summed E-state index contributed by atoms with van der Waals surface area (Å²) in [6, 6.07) is 1.79. The van der Waals surface area contributed by atoms with Gasteiger partial charge in [0.25, 0.3) is 0 Å². The first-order valence-electron chi connectivity index (χ1n) is 8.98. The Kier molecular flexibility index (Phi) is 6.41. The minimum Gasteiger partial charge on any atom is -0.481 e. The third-order valence-electron chi connectivity index (χ3n) is 4.39. The van der Waals surface area contributed by atoms with Crippen molar-refractivity contribution in [3.8, 4) is 5.88 Å². The highest BCUT2D eigenvalue weighted by Crippen LogP contribution is 2.21. The molecule has 0 radical (unpaired) electrons. The summed E-state index contributed by atoms with van der Waals surface area (Å²) in [5, 5.41) is 7.18. The maximum Gasteiger partial charge on any atom is 0.228 e. The second-order valence-electron chi connectivity index (χ2n) is 7.76. The van der Waals surface area contributed by atoms with Gasteiger partial charge < -0.3 is 15.0 Å². The SMILES string of the molecule is COc1cc(C)nc(N(C)CC(C)(C)CNC(=O)C(C)c2cnn(C)c2)n1. The van der Waals surface area contributed by atoms with Crippen LogP contribution in [-0.2, 0) is 11.8 Å². The molecule has 0 saturated heterocycles. The van der Waals surface area contributed by atoms with Crippen molar-refractivity contribution in [1.82, 2.24) is 25.1 Å². The standard InChI is InChI=1S/C19H30N6O2/c1-13-8-16(27-7)23-18(22-13)24(5)12-19(3,4)11-20-17(26)14(2)15-9-21-25(6)10-15/h8-10,14H,11-12H2,1-7H3,(H,20,26). The number of ether oxygens (including phenoxy) is 1. The summed E-state index contributed by atoms with van der Waals surface area (Å²) in [4.78, 5) is 23.3. The lowest BCUT2D eigenvalue weighted by Gasteiger charge is -2.31. The summed E-state index contributed by atoms with van der Waals surface area (Å²) in [6.07, 6.45) is 3.59. The average molecular weight is 374 g/mol. The van der Waals surface area contributed by atoms with E-state index in [1.807, 2.05) is 39.0 Å². The highest BCUT2D eigenvalue weighted by Gasteiger charge is 2.25. The van der Waals surface area contributed by atoms with Crippen LogP contribution in [0.2, 0.25) is 0 Å². The fourth-order valence-corrected chi connectivity index (χ4v) is 2.86. The fraction of sp³-hybridized carbons (Fsp3) is 0.579. The first-order valence-corrected chi connectivity index (χ1v) is 8.98. The van der Waals surface area contributed by atoms with Gasteiger partial charge in [0.2, 0.25) is 17.7 Å². The van der Waals surface area contributed by atoms with Crippen LogP contribution in [0, 0.1) is 12.3 Å². The molecule has 0 aliphatic heterocycles. The Hall–Kier alpha value is -2.64. The van der Waals surface area contributed by atoms with Gasteiger partial charge in [-0.15, -0.1) is 0 Å². The molecule has 1 N–H and O–H groups in total. The minimum atomic E-state index is -0.239. The van der Waals surface area contributed by atoms with Crippen molar-refractivity contribution in [3.63, 3.8) is 0 Å². The van der Waals surface area contributed by atoms with E-state index in [-0.39, 0.29) is 17.2 Å². The number of aryl methyl sites for hydroxylation is 2. The van der Waals surface area contributed by atoms with E-state index in [0.29, 0.717) is 24.9 Å². The molecule has 2 aromatic rings. The number of nitrogens with zero attached hydrogens (tertiary/aromatic N) is 5. The monoisotopic (exact) mass is 374 g/mol. The number of carbonyl (C=O) groups excluding carboxylic acids is 1. The Bertz CT molecular complexity index is 786. The molecule has 2 heterocycles. The number of rotatable bonds is 8. The molecule has 1 amide bonds. The lowest BCUT2D eigenvalue weighted by molar-refractivity contribution is -0.122. The van der Waals surface area contributed by atoms with E-state index in [2.05, 4.69) is 34.2 Å². The summed E-state index contributed by atoms with van der Waals surface area (Å²) in [7, 11) is 5.37. The van der Waals surface area contributed by atoms with Gasteiger partial charge in [0, 0.05) is 50.7 Å². The molecular weight excluding hydrogens is 344 g/mol. The second kappa shape index (κ2) is 8.37. The predicted octanol–water partition coefficient (Wildman–Crippen LogP) is 1.91. The third kappa shape index (κ3) is 5.67. The van der Waals surface area contributed by atoms with Gasteiger partial charge >= 0.3 is 0 Å². The van der Waals surface area contributed by atoms with E-state index < -0.39 is 0 Å². The molecule has 0 aromatic carbocycles. The second-order valence-corrected chi connectivity index (χ2v) is 7.76. The molecule has 1 unspecified atom stereocenters. The smallest absolute Gasteiger partial charge is 0.228 e. The molecule has 1 atom stereocenters. The number of aromatic nitrogens is 4. The molecule has 0 spiro atoms. The quantitative estimate of drug-likeness (QED) is 0.760. The number of amides is 1. The highest BCUT2D eigenvalue weighted by molar-refractivity contribution is 5.83. The van der Waals surface area contributed by atoms with Crippen LogP contribution in [0.4, 0.5) is 5.95 Å². The Morgan fingerprint density at radius 2 is 2.11 bits per heavy atom. The zero-order chi connectivity index (χ0) is 20.2. The lowest BCUT2D eigenvalue weighted by Crippen LogP contribution is -2.42. The predicted molar refractivity (Wildman–Crippen MR) is 105 cm³/mol. The molecule has 27 heavy (non-hydrogen) atoms. The van der Waals surface area contributed by atoms with Crippen molar-refractivity contribution in [2.75, 3.05) is 32.1 Å². The van der Waals surface area contributed by atoms with Crippen LogP contribution < -0.4 is 15.0 Å². The van der Waals surface area contributed by atoms with Gasteiger partial charge in [-0.25, -0.2) is 4.98 Å². The first kappa shape index (κ1) is 20.7. The number of nitrogens with one attached hydrogen (secondary N) is 1. The lowest BCUT2D eigenvalue weighted by atomic mass is 9.92. The van der Waals surface area contributed by atoms with E-state index in [4.69, 9.17) is 4.74 Å². The van der Waals surface area contributed by atoms with Gasteiger partial charge in [0.15, 0.2) is 0 Å². The number of hydrogen-bond donors (Lipinski definition) is 1. The number of carbonyl (C=O) groups is 1. The normalized spacial score (nSPS) is 12.6. The molecule has 0 aliphatic carbocycles. The molecule has 8 nitrogen and oxygen atoms in total. The number of hydrogen-bond acceptors (Lipinski definition) is 6. The number of methoxy groups -OCH3 is 1. The summed E-state index contributed by atoms with van der Waals surface area (Å²) in [6.45, 7) is 9.23. The molecule has 8 heteroatoms. The molecular formula is C19H30N6O2. The van der Waals surface area contributed by atoms with Crippen molar-refractivity contribution < 1.29 is 9.53 Å². The van der Waals surface area contributed by atoms with Crippen LogP contribution in [0.15, 0.2) is 18.5 Å². The average Bonchev–Trinajstić information content (AvgIpc) is 3.04. The maximum atomic E-state index is 12.5. The Balaban J connectivity index is 1.95. The van der Waals surface area contributed by atoms with Crippen LogP contribution >= 0.6 is 0 Å². The van der Waals surface area contributed by atoms with Crippen LogP contribution in [0.1, 0.15) is 37.9 Å². The molecule has 0 aliphatic rings. The highest BCUT2D eigenvalue weighted by atomic mass is 16.5. The van der Waals surface area contributed by atoms with E-state index in [0.717, 1.165) is 11.3 Å². The molecule has 0 fully saturated rings. The van der Waals surface area contributed by atoms with E-state index >= 15 is 0 Å². The van der Waals surface area contributed by atoms with E-state index in [9.17, 15) is 4.79 Å². The fourth-order valence-electron chi connectivity index (χ4n) is 2.86. The maximum absolute atomic E-state index is 12.5. The van der Waals surface area contributed by atoms with Crippen LogP contribution in [-0.4, -0.2) is 52.9 Å². The van der Waals surface area contributed by atoms with E-state index in [1.165, 1.54) is 0 Å². The number of anilines is 1. The van der Waals surface area contributed by atoms with Gasteiger partial charge in [-0.3, -0.25) is 9.48 Å². The Labute approximate surface area is 160 Å². The first-order chi connectivity index (χ1) is 12.6. The Morgan fingerprint density at radius 3 is 2.70 bits per heavy atom. The third-order valence-corrected chi connectivity index (χ3v) is 4.39. The summed E-state index contributed by atoms with van der Waals surface area (Å²) >= 11 is 0. The van der Waals surface area contributed by atoms with Crippen molar-refractivity contribution in [3.05, 3.63) is 29.7 Å². The molecule has 2 aromatic heterocycles. The summed E-state index contributed by atoms with van der Waals surface area (Å²) in [5.74, 6) is 0.902. The molecule has 0 bridgehead atoms. The Morgan fingerprint density at radius 1 is 1.41 bits per heavy atom. The van der Waals surface area contributed by atoms with Gasteiger partial charge in [-0.05, 0) is 19.3 Å². The molecule has 2 rings (SSSR count). The summed E-state index contributed by atoms with van der Waals surface area (Å²) in [5.41, 5.74) is 1.59. The van der Waals surface area contributed by atoms with Crippen molar-refractivity contribution in [2.24, 2.45) is 12.5 Å². The largest absolute Gasteiger partial charge is 0.481 e. The van der Waals surface area contributed by atoms with Gasteiger partial charge in [-0.2, -0.15) is 10.1 Å². The van der Waals surface area contributed by atoms with Gasteiger partial charge in [0.05, 0.1) is 19.2 Å². The zero-order valence-electron chi connectivity index (χ0n) is 17.3. The van der Waals surface area contributed by atoms with Gasteiger partial charge in [-0.1, -0.05) is 13.8 Å². The van der Waals surface area contributed by atoms with Crippen molar-refractivity contribution >= 4 is 11.9 Å². The molecule has 148 valence electrons. The van der Waals surface area contributed by atoms with Crippen LogP contribution in [0.5, 0.6) is 5.88 Å². The van der Waals surface area contributed by atoms with Crippen molar-refractivity contribution in [2.45, 2.75) is 33.6 Å². The van der Waals surface area contributed by atoms with Crippen LogP contribution in [0.3, 0.4) is 0 Å². The van der Waals surface area contributed by atoms with Crippen LogP contribution in [0.25, 0.3) is 0 Å². The molecule has 0 saturated carbocycles. The topological polar surface area (TPSA) is 85.2 Å². The minimum absolute atomic E-state index is 0.00722. The zero-order valence-corrected chi connectivity index (χ0v) is 17.3. The summed E-state index contributed by atoms with van der Waals surface area (Å²) < 4.78 is 6.93. The van der Waals surface area contributed by atoms with Crippen molar-refractivity contribution in [1.29, 1.82) is 0 Å².